The van der Waals surface area contributed by atoms with Crippen molar-refractivity contribution < 1.29 is 19.6 Å². The minimum Gasteiger partial charge on any atom is -0.332 e. The van der Waals surface area contributed by atoms with Gasteiger partial charge in [-0.1, -0.05) is 13.8 Å². The van der Waals surface area contributed by atoms with E-state index in [0.717, 1.165) is 6.42 Å². The average molecular weight is 284 g/mol. The first-order valence-electron chi connectivity index (χ1n) is 7.10. The number of hydrogen-bond acceptors (Lipinski definition) is 4. The number of nitrogens with zero attached hydrogens (tertiary/aromatic N) is 1. The summed E-state index contributed by atoms with van der Waals surface area (Å²) in [6.07, 6.45) is 2.03. The second-order valence-corrected chi connectivity index (χ2v) is 5.87. The second-order valence-electron chi connectivity index (χ2n) is 5.87. The zero-order chi connectivity index (χ0) is 15.3. The first-order chi connectivity index (χ1) is 9.36. The largest absolute Gasteiger partial charge is 0.332 e. The van der Waals surface area contributed by atoms with Gasteiger partial charge in [0.15, 0.2) is 5.78 Å². The van der Waals surface area contributed by atoms with Gasteiger partial charge in [-0.2, -0.15) is 0 Å². The van der Waals surface area contributed by atoms with Crippen LogP contribution in [0.2, 0.25) is 0 Å². The first-order valence-corrected chi connectivity index (χ1v) is 7.10. The molecular formula is C14H24N2O4. The molecule has 1 saturated heterocycles. The second kappa shape index (κ2) is 7.38. The molecule has 0 saturated carbocycles. The van der Waals surface area contributed by atoms with E-state index in [9.17, 15) is 14.4 Å². The molecule has 6 nitrogen and oxygen atoms in total. The number of nitrogens with one attached hydrogen (secondary N) is 1. The van der Waals surface area contributed by atoms with Gasteiger partial charge < -0.3 is 4.90 Å². The maximum atomic E-state index is 12.6. The van der Waals surface area contributed by atoms with E-state index in [1.165, 1.54) is 6.92 Å². The molecule has 2 atom stereocenters. The molecule has 0 aromatic rings. The summed E-state index contributed by atoms with van der Waals surface area (Å²) in [6.45, 7) is 6.01. The van der Waals surface area contributed by atoms with Crippen molar-refractivity contribution in [1.29, 1.82) is 0 Å². The van der Waals surface area contributed by atoms with Crippen molar-refractivity contribution in [1.82, 2.24) is 10.4 Å². The van der Waals surface area contributed by atoms with Gasteiger partial charge in [0.05, 0.1) is 6.04 Å². The normalized spacial score (nSPS) is 20.1. The van der Waals surface area contributed by atoms with Crippen LogP contribution in [0.5, 0.6) is 0 Å². The highest BCUT2D eigenvalue weighted by Crippen LogP contribution is 2.25. The Morgan fingerprint density at radius 3 is 2.50 bits per heavy atom. The predicted octanol–water partition coefficient (Wildman–Crippen LogP) is 1.12. The van der Waals surface area contributed by atoms with Crippen molar-refractivity contribution in [2.24, 2.45) is 11.8 Å². The van der Waals surface area contributed by atoms with E-state index in [1.54, 1.807) is 10.4 Å². The van der Waals surface area contributed by atoms with Crippen molar-refractivity contribution in [3.05, 3.63) is 0 Å². The third-order valence-corrected chi connectivity index (χ3v) is 3.67. The molecule has 6 heteroatoms. The third kappa shape index (κ3) is 4.30. The zero-order valence-corrected chi connectivity index (χ0v) is 12.4. The molecule has 0 aliphatic carbocycles. The van der Waals surface area contributed by atoms with E-state index in [2.05, 4.69) is 0 Å². The first kappa shape index (κ1) is 16.6. The van der Waals surface area contributed by atoms with Gasteiger partial charge in [-0.3, -0.25) is 19.6 Å². The van der Waals surface area contributed by atoms with Gasteiger partial charge in [-0.05, 0) is 32.1 Å². The van der Waals surface area contributed by atoms with E-state index in [4.69, 9.17) is 5.21 Å². The summed E-state index contributed by atoms with van der Waals surface area (Å²) in [6, 6.07) is -0.352. The molecular weight excluding hydrogens is 260 g/mol. The zero-order valence-electron chi connectivity index (χ0n) is 12.4. The summed E-state index contributed by atoms with van der Waals surface area (Å²) in [5.74, 6) is -0.954. The molecule has 20 heavy (non-hydrogen) atoms. The van der Waals surface area contributed by atoms with Crippen LogP contribution >= 0.6 is 0 Å². The molecule has 2 amide bonds. The van der Waals surface area contributed by atoms with Crippen LogP contribution in [-0.4, -0.2) is 40.3 Å². The fourth-order valence-electron chi connectivity index (χ4n) is 2.80. The summed E-state index contributed by atoms with van der Waals surface area (Å²) < 4.78 is 0. The monoisotopic (exact) mass is 284 g/mol. The van der Waals surface area contributed by atoms with Crippen molar-refractivity contribution in [2.45, 2.75) is 52.5 Å². The molecule has 0 spiro atoms. The SMILES string of the molecule is CC(=O)[C@@H]1CCCN1C(=O)[C@@H](CC(=O)NO)CC(C)C. The van der Waals surface area contributed by atoms with Crippen LogP contribution in [0.3, 0.4) is 0 Å². The minimum atomic E-state index is -0.567. The Balaban J connectivity index is 2.80. The van der Waals surface area contributed by atoms with E-state index in [0.29, 0.717) is 19.4 Å². The molecule has 0 aromatic heterocycles. The fraction of sp³-hybridized carbons (Fsp3) is 0.786. The molecule has 1 heterocycles. The van der Waals surface area contributed by atoms with Gasteiger partial charge in [0, 0.05) is 18.9 Å². The lowest BCUT2D eigenvalue weighted by molar-refractivity contribution is -0.143. The number of hydroxylamine groups is 1. The highest BCUT2D eigenvalue weighted by Gasteiger charge is 2.36. The third-order valence-electron chi connectivity index (χ3n) is 3.67. The van der Waals surface area contributed by atoms with Gasteiger partial charge in [0.1, 0.15) is 0 Å². The number of likely N-dealkylation sites (tertiary alicyclic amines) is 1. The Hall–Kier alpha value is -1.43. The van der Waals surface area contributed by atoms with E-state index < -0.39 is 11.8 Å². The Morgan fingerprint density at radius 1 is 1.35 bits per heavy atom. The lowest BCUT2D eigenvalue weighted by Gasteiger charge is -2.28. The molecule has 1 aliphatic heterocycles. The maximum Gasteiger partial charge on any atom is 0.244 e. The topological polar surface area (TPSA) is 86.7 Å². The summed E-state index contributed by atoms with van der Waals surface area (Å²) in [4.78, 5) is 37.1. The van der Waals surface area contributed by atoms with Gasteiger partial charge >= 0.3 is 0 Å². The van der Waals surface area contributed by atoms with Crippen LogP contribution in [0.1, 0.15) is 46.5 Å². The smallest absolute Gasteiger partial charge is 0.244 e. The van der Waals surface area contributed by atoms with Crippen LogP contribution < -0.4 is 5.48 Å². The van der Waals surface area contributed by atoms with Crippen LogP contribution in [0.15, 0.2) is 0 Å². The number of Topliss-reactive ketones (excluding diaryl/α,β-unsaturated/α-hetero) is 1. The van der Waals surface area contributed by atoms with Crippen LogP contribution in [0, 0.1) is 11.8 Å². The summed E-state index contributed by atoms with van der Waals surface area (Å²) >= 11 is 0. The summed E-state index contributed by atoms with van der Waals surface area (Å²) in [5.41, 5.74) is 1.57. The van der Waals surface area contributed by atoms with Gasteiger partial charge in [0.25, 0.3) is 0 Å². The number of ketones is 1. The summed E-state index contributed by atoms with van der Waals surface area (Å²) in [5, 5.41) is 8.63. The number of rotatable bonds is 6. The lowest BCUT2D eigenvalue weighted by Crippen LogP contribution is -2.44. The highest BCUT2D eigenvalue weighted by atomic mass is 16.5. The molecule has 1 aliphatic rings. The van der Waals surface area contributed by atoms with Crippen molar-refractivity contribution in [3.8, 4) is 0 Å². The van der Waals surface area contributed by atoms with Crippen LogP contribution in [0.25, 0.3) is 0 Å². The van der Waals surface area contributed by atoms with Gasteiger partial charge in [-0.25, -0.2) is 5.48 Å². The Kier molecular flexibility index (Phi) is 6.13. The average Bonchev–Trinajstić information content (AvgIpc) is 2.85. The Bertz CT molecular complexity index is 381. The number of amides is 2. The standard InChI is InChI=1S/C14H24N2O4/c1-9(2)7-11(8-13(18)15-20)14(19)16-6-4-5-12(16)10(3)17/h9,11-12,20H,4-8H2,1-3H3,(H,15,18)/t11-,12+/m1/s1. The van der Waals surface area contributed by atoms with Crippen molar-refractivity contribution >= 4 is 17.6 Å². The molecule has 0 bridgehead atoms. The molecule has 1 rings (SSSR count). The molecule has 2 N–H and O–H groups in total. The van der Waals surface area contributed by atoms with Crippen LogP contribution in [-0.2, 0) is 14.4 Å². The molecule has 114 valence electrons. The fourth-order valence-corrected chi connectivity index (χ4v) is 2.80. The summed E-state index contributed by atoms with van der Waals surface area (Å²) in [7, 11) is 0. The maximum absolute atomic E-state index is 12.6. The van der Waals surface area contributed by atoms with E-state index >= 15 is 0 Å². The lowest BCUT2D eigenvalue weighted by atomic mass is 9.92. The van der Waals surface area contributed by atoms with Crippen LogP contribution in [0.4, 0.5) is 0 Å². The number of hydrogen-bond donors (Lipinski definition) is 2. The van der Waals surface area contributed by atoms with E-state index in [1.807, 2.05) is 13.8 Å². The van der Waals surface area contributed by atoms with Crippen molar-refractivity contribution in [3.63, 3.8) is 0 Å². The minimum absolute atomic E-state index is 0.00856. The molecule has 0 aromatic carbocycles. The van der Waals surface area contributed by atoms with Gasteiger partial charge in [-0.15, -0.1) is 0 Å². The number of carbonyl (C=O) groups is 3. The highest BCUT2D eigenvalue weighted by molar-refractivity contribution is 5.91. The predicted molar refractivity (Wildman–Crippen MR) is 72.9 cm³/mol. The number of carbonyl (C=O) groups excluding carboxylic acids is 3. The van der Waals surface area contributed by atoms with Gasteiger partial charge in [0.2, 0.25) is 11.8 Å². The molecule has 1 fully saturated rings. The van der Waals surface area contributed by atoms with Crippen molar-refractivity contribution in [2.75, 3.05) is 6.54 Å². The molecule has 0 unspecified atom stereocenters. The van der Waals surface area contributed by atoms with E-state index in [-0.39, 0.29) is 30.1 Å². The Labute approximate surface area is 119 Å². The quantitative estimate of drug-likeness (QED) is 0.565. The molecule has 0 radical (unpaired) electrons. The Morgan fingerprint density at radius 2 is 2.00 bits per heavy atom.